The van der Waals surface area contributed by atoms with Crippen molar-refractivity contribution in [3.63, 3.8) is 0 Å². The number of hydrogen-bond donors (Lipinski definition) is 1. The van der Waals surface area contributed by atoms with Crippen molar-refractivity contribution in [3.8, 4) is 0 Å². The molecule has 1 aromatic carbocycles. The molecular formula is C18H29N. The minimum Gasteiger partial charge on any atom is -0.313 e. The third-order valence-corrected chi connectivity index (χ3v) is 5.02. The van der Waals surface area contributed by atoms with Gasteiger partial charge in [-0.2, -0.15) is 0 Å². The first-order valence-electron chi connectivity index (χ1n) is 7.84. The second-order valence-electron chi connectivity index (χ2n) is 6.69. The number of nitrogens with one attached hydrogen (secondary N) is 1. The minimum atomic E-state index is 0.363. The van der Waals surface area contributed by atoms with E-state index in [0.29, 0.717) is 17.4 Å². The summed E-state index contributed by atoms with van der Waals surface area (Å²) in [5.74, 6) is 1.42. The topological polar surface area (TPSA) is 12.0 Å². The summed E-state index contributed by atoms with van der Waals surface area (Å²) in [5, 5.41) is 3.73. The van der Waals surface area contributed by atoms with Gasteiger partial charge in [0.05, 0.1) is 0 Å². The van der Waals surface area contributed by atoms with Gasteiger partial charge in [0, 0.05) is 6.04 Å². The predicted octanol–water partition coefficient (Wildman–Crippen LogP) is 4.38. The van der Waals surface area contributed by atoms with E-state index in [-0.39, 0.29) is 0 Å². The second kappa shape index (κ2) is 5.66. The van der Waals surface area contributed by atoms with E-state index in [0.717, 1.165) is 18.9 Å². The molecule has 0 aliphatic heterocycles. The summed E-state index contributed by atoms with van der Waals surface area (Å²) in [5.41, 5.74) is 3.32. The first-order valence-corrected chi connectivity index (χ1v) is 7.84. The van der Waals surface area contributed by atoms with E-state index in [1.54, 1.807) is 0 Å². The maximum atomic E-state index is 3.73. The second-order valence-corrected chi connectivity index (χ2v) is 6.69. The van der Waals surface area contributed by atoms with E-state index >= 15 is 0 Å². The Labute approximate surface area is 118 Å². The highest BCUT2D eigenvalue weighted by Gasteiger charge is 2.53. The lowest BCUT2D eigenvalue weighted by Gasteiger charge is -2.58. The normalized spacial score (nSPS) is 29.0. The summed E-state index contributed by atoms with van der Waals surface area (Å²) < 4.78 is 0. The molecule has 2 rings (SSSR count). The fourth-order valence-electron chi connectivity index (χ4n) is 4.07. The number of benzene rings is 1. The molecule has 0 aromatic heterocycles. The molecule has 3 atom stereocenters. The first-order chi connectivity index (χ1) is 9.02. The zero-order valence-corrected chi connectivity index (χ0v) is 13.2. The number of rotatable bonds is 5. The Morgan fingerprint density at radius 2 is 1.74 bits per heavy atom. The van der Waals surface area contributed by atoms with Crippen LogP contribution in [0.1, 0.15) is 58.1 Å². The number of aryl methyl sites for hydroxylation is 1. The average molecular weight is 259 g/mol. The van der Waals surface area contributed by atoms with Gasteiger partial charge < -0.3 is 5.32 Å². The summed E-state index contributed by atoms with van der Waals surface area (Å²) in [7, 11) is 0. The highest BCUT2D eigenvalue weighted by Crippen LogP contribution is 2.56. The molecule has 1 nitrogen and oxygen atoms in total. The van der Waals surface area contributed by atoms with Gasteiger partial charge in [-0.3, -0.25) is 0 Å². The Morgan fingerprint density at radius 1 is 1.11 bits per heavy atom. The predicted molar refractivity (Wildman–Crippen MR) is 83.6 cm³/mol. The van der Waals surface area contributed by atoms with Crippen molar-refractivity contribution in [2.75, 3.05) is 6.54 Å². The summed E-state index contributed by atoms with van der Waals surface area (Å²) >= 11 is 0. The fourth-order valence-corrected chi connectivity index (χ4v) is 4.07. The van der Waals surface area contributed by atoms with Crippen molar-refractivity contribution in [1.82, 2.24) is 5.32 Å². The van der Waals surface area contributed by atoms with Crippen LogP contribution in [0.25, 0.3) is 0 Å². The van der Waals surface area contributed by atoms with Gasteiger partial charge in [-0.05, 0) is 47.8 Å². The van der Waals surface area contributed by atoms with Gasteiger partial charge in [0.25, 0.3) is 0 Å². The molecule has 0 amide bonds. The van der Waals surface area contributed by atoms with Crippen molar-refractivity contribution in [2.24, 2.45) is 11.3 Å². The van der Waals surface area contributed by atoms with Crippen LogP contribution in [0.15, 0.2) is 24.3 Å². The molecular weight excluding hydrogens is 230 g/mol. The molecule has 1 aromatic rings. The van der Waals surface area contributed by atoms with Crippen molar-refractivity contribution >= 4 is 0 Å². The van der Waals surface area contributed by atoms with Gasteiger partial charge in [-0.25, -0.2) is 0 Å². The summed E-state index contributed by atoms with van der Waals surface area (Å²) in [6, 6.07) is 9.94. The van der Waals surface area contributed by atoms with Crippen LogP contribution in [0, 0.1) is 11.3 Å². The summed E-state index contributed by atoms with van der Waals surface area (Å²) in [6.45, 7) is 12.8. The monoisotopic (exact) mass is 259 g/mol. The van der Waals surface area contributed by atoms with Crippen LogP contribution in [0.5, 0.6) is 0 Å². The highest BCUT2D eigenvalue weighted by atomic mass is 15.0. The third kappa shape index (κ3) is 2.58. The van der Waals surface area contributed by atoms with Crippen LogP contribution < -0.4 is 5.32 Å². The molecule has 0 saturated heterocycles. The fraction of sp³-hybridized carbons (Fsp3) is 0.667. The highest BCUT2D eigenvalue weighted by molar-refractivity contribution is 5.32. The maximum absolute atomic E-state index is 3.73. The van der Waals surface area contributed by atoms with Crippen molar-refractivity contribution in [2.45, 2.75) is 59.4 Å². The molecule has 1 aliphatic carbocycles. The van der Waals surface area contributed by atoms with Crippen LogP contribution in [0.3, 0.4) is 0 Å². The lowest BCUT2D eigenvalue weighted by molar-refractivity contribution is 0.000576. The molecule has 0 spiro atoms. The van der Waals surface area contributed by atoms with Crippen LogP contribution in [-0.4, -0.2) is 12.6 Å². The molecule has 19 heavy (non-hydrogen) atoms. The Morgan fingerprint density at radius 3 is 2.21 bits per heavy atom. The molecule has 0 bridgehead atoms. The molecule has 0 heterocycles. The summed E-state index contributed by atoms with van der Waals surface area (Å²) in [4.78, 5) is 0. The lowest BCUT2D eigenvalue weighted by Crippen LogP contribution is -2.61. The Bertz CT molecular complexity index is 404. The Kier molecular flexibility index (Phi) is 4.35. The van der Waals surface area contributed by atoms with E-state index in [2.05, 4.69) is 64.2 Å². The Hall–Kier alpha value is -0.820. The van der Waals surface area contributed by atoms with Gasteiger partial charge >= 0.3 is 0 Å². The number of hydrogen-bond acceptors (Lipinski definition) is 1. The standard InChI is InChI=1S/C18H29N/c1-6-12-19-17-13(3)16(18(17,4)5)15-10-8-14(7-2)9-11-15/h8-11,13,16-17,19H,6-7,12H2,1-5H3. The summed E-state index contributed by atoms with van der Waals surface area (Å²) in [6.07, 6.45) is 2.35. The quantitative estimate of drug-likeness (QED) is 0.827. The molecule has 1 fully saturated rings. The molecule has 106 valence electrons. The molecule has 1 heteroatoms. The van der Waals surface area contributed by atoms with Crippen molar-refractivity contribution in [3.05, 3.63) is 35.4 Å². The van der Waals surface area contributed by atoms with E-state index in [1.807, 2.05) is 0 Å². The largest absolute Gasteiger partial charge is 0.313 e. The van der Waals surface area contributed by atoms with E-state index < -0.39 is 0 Å². The minimum absolute atomic E-state index is 0.363. The molecule has 1 saturated carbocycles. The average Bonchev–Trinajstić information content (AvgIpc) is 2.39. The van der Waals surface area contributed by atoms with Crippen LogP contribution in [0.2, 0.25) is 0 Å². The van der Waals surface area contributed by atoms with E-state index in [9.17, 15) is 0 Å². The molecule has 1 N–H and O–H groups in total. The smallest absolute Gasteiger partial charge is 0.0156 e. The third-order valence-electron chi connectivity index (χ3n) is 5.02. The van der Waals surface area contributed by atoms with E-state index in [4.69, 9.17) is 0 Å². The van der Waals surface area contributed by atoms with Gasteiger partial charge in [0.1, 0.15) is 0 Å². The van der Waals surface area contributed by atoms with Crippen molar-refractivity contribution < 1.29 is 0 Å². The lowest BCUT2D eigenvalue weighted by atomic mass is 9.50. The molecule has 0 radical (unpaired) electrons. The van der Waals surface area contributed by atoms with Crippen LogP contribution in [-0.2, 0) is 6.42 Å². The SMILES string of the molecule is CCCNC1C(C)C(c2ccc(CC)cc2)C1(C)C. The molecule has 3 unspecified atom stereocenters. The first kappa shape index (κ1) is 14.6. The van der Waals surface area contributed by atoms with Crippen LogP contribution in [0.4, 0.5) is 0 Å². The van der Waals surface area contributed by atoms with Gasteiger partial charge in [0.2, 0.25) is 0 Å². The maximum Gasteiger partial charge on any atom is 0.0156 e. The van der Waals surface area contributed by atoms with Gasteiger partial charge in [-0.1, -0.05) is 58.9 Å². The van der Waals surface area contributed by atoms with E-state index in [1.165, 1.54) is 17.5 Å². The Balaban J connectivity index is 2.12. The molecule has 1 aliphatic rings. The van der Waals surface area contributed by atoms with Crippen molar-refractivity contribution in [1.29, 1.82) is 0 Å². The zero-order chi connectivity index (χ0) is 14.0. The van der Waals surface area contributed by atoms with Crippen LogP contribution >= 0.6 is 0 Å². The zero-order valence-electron chi connectivity index (χ0n) is 13.2. The van der Waals surface area contributed by atoms with Gasteiger partial charge in [0.15, 0.2) is 0 Å². The van der Waals surface area contributed by atoms with Gasteiger partial charge in [-0.15, -0.1) is 0 Å².